The normalized spacial score (nSPS) is 41.7. The number of hydrogen-bond donors (Lipinski definition) is 0. The van der Waals surface area contributed by atoms with Crippen molar-refractivity contribution in [1.29, 1.82) is 0 Å². The molecule has 0 radical (unpaired) electrons. The van der Waals surface area contributed by atoms with Crippen LogP contribution in [0, 0.1) is 11.3 Å². The fraction of sp³-hybridized carbons (Fsp3) is 0.667. The summed E-state index contributed by atoms with van der Waals surface area (Å²) in [5, 5.41) is 0. The number of ether oxygens (including phenoxy) is 2. The molecule has 4 heteroatoms. The van der Waals surface area contributed by atoms with E-state index in [1.54, 1.807) is 6.92 Å². The lowest BCUT2D eigenvalue weighted by Crippen LogP contribution is -2.40. The van der Waals surface area contributed by atoms with Gasteiger partial charge in [0.2, 0.25) is 0 Å². The number of cyclic esters (lactones) is 2. The zero-order valence-electron chi connectivity index (χ0n) is 9.19. The molecule has 1 saturated carbocycles. The lowest BCUT2D eigenvalue weighted by Gasteiger charge is -2.30. The van der Waals surface area contributed by atoms with Gasteiger partial charge in [0.15, 0.2) is 0 Å². The first-order valence-electron chi connectivity index (χ1n) is 5.72. The van der Waals surface area contributed by atoms with Crippen LogP contribution in [0.5, 0.6) is 0 Å². The van der Waals surface area contributed by atoms with Gasteiger partial charge in [0.05, 0.1) is 5.57 Å². The average Bonchev–Trinajstić information content (AvgIpc) is 2.83. The Morgan fingerprint density at radius 3 is 3.00 bits per heavy atom. The third kappa shape index (κ3) is 1.16. The predicted molar refractivity (Wildman–Crippen MR) is 54.4 cm³/mol. The van der Waals surface area contributed by atoms with Crippen molar-refractivity contribution in [3.63, 3.8) is 0 Å². The Morgan fingerprint density at radius 1 is 1.44 bits per heavy atom. The molecule has 2 fully saturated rings. The van der Waals surface area contributed by atoms with Gasteiger partial charge in [0, 0.05) is 0 Å². The summed E-state index contributed by atoms with van der Waals surface area (Å²) in [4.78, 5) is 23.9. The summed E-state index contributed by atoms with van der Waals surface area (Å²) in [7, 11) is 0. The van der Waals surface area contributed by atoms with Crippen LogP contribution < -0.4 is 0 Å². The largest absolute Gasteiger partial charge is 0.461 e. The topological polar surface area (TPSA) is 52.6 Å². The van der Waals surface area contributed by atoms with Gasteiger partial charge in [0.1, 0.15) is 18.1 Å². The summed E-state index contributed by atoms with van der Waals surface area (Å²) in [5.74, 6) is -0.211. The molecule has 1 saturated heterocycles. The molecule has 1 aliphatic heterocycles. The first-order chi connectivity index (χ1) is 7.62. The zero-order chi connectivity index (χ0) is 11.3. The van der Waals surface area contributed by atoms with Crippen LogP contribution in [0.1, 0.15) is 26.2 Å². The van der Waals surface area contributed by atoms with Crippen LogP contribution in [0.25, 0.3) is 0 Å². The van der Waals surface area contributed by atoms with Crippen LogP contribution in [-0.2, 0) is 19.1 Å². The Labute approximate surface area is 93.6 Å². The van der Waals surface area contributed by atoms with Gasteiger partial charge in [-0.25, -0.2) is 4.79 Å². The number of rotatable bonds is 0. The highest BCUT2D eigenvalue weighted by Crippen LogP contribution is 2.55. The molecule has 0 aromatic heterocycles. The van der Waals surface area contributed by atoms with E-state index in [2.05, 4.69) is 0 Å². The first-order valence-corrected chi connectivity index (χ1v) is 5.72. The van der Waals surface area contributed by atoms with Crippen molar-refractivity contribution >= 4 is 11.9 Å². The molecule has 2 bridgehead atoms. The first kappa shape index (κ1) is 9.87. The van der Waals surface area contributed by atoms with E-state index in [1.807, 2.05) is 6.08 Å². The van der Waals surface area contributed by atoms with Gasteiger partial charge in [-0.2, -0.15) is 0 Å². The van der Waals surface area contributed by atoms with Crippen LogP contribution in [0.2, 0.25) is 0 Å². The number of carbonyl (C=O) groups excluding carboxylic acids is 2. The molecule has 0 amide bonds. The fourth-order valence-electron chi connectivity index (χ4n) is 3.04. The van der Waals surface area contributed by atoms with Crippen LogP contribution >= 0.6 is 0 Å². The van der Waals surface area contributed by atoms with E-state index in [9.17, 15) is 9.59 Å². The number of carbonyl (C=O) groups is 2. The Bertz CT molecular complexity index is 398. The average molecular weight is 222 g/mol. The summed E-state index contributed by atoms with van der Waals surface area (Å²) in [6, 6.07) is 0. The third-order valence-corrected chi connectivity index (χ3v) is 3.84. The summed E-state index contributed by atoms with van der Waals surface area (Å²) in [6.45, 7) is 1.90. The number of allylic oxidation sites excluding steroid dienone is 1. The molecule has 2 aliphatic carbocycles. The summed E-state index contributed by atoms with van der Waals surface area (Å²) in [6.07, 6.45) is 3.98. The van der Waals surface area contributed by atoms with Crippen LogP contribution in [0.15, 0.2) is 11.6 Å². The van der Waals surface area contributed by atoms with E-state index in [0.29, 0.717) is 11.5 Å². The Kier molecular flexibility index (Phi) is 1.91. The molecule has 3 atom stereocenters. The minimum Gasteiger partial charge on any atom is -0.461 e. The number of fused-ring (bicyclic) bond motifs is 1. The second kappa shape index (κ2) is 3.09. The van der Waals surface area contributed by atoms with Crippen molar-refractivity contribution in [2.45, 2.75) is 32.3 Å². The molecule has 0 aromatic rings. The maximum atomic E-state index is 12.0. The van der Waals surface area contributed by atoms with Crippen molar-refractivity contribution in [1.82, 2.24) is 0 Å². The van der Waals surface area contributed by atoms with E-state index in [4.69, 9.17) is 9.47 Å². The minimum absolute atomic E-state index is 0.171. The second-order valence-electron chi connectivity index (χ2n) is 4.98. The molecule has 0 N–H and O–H groups in total. The van der Waals surface area contributed by atoms with Crippen molar-refractivity contribution in [3.8, 4) is 0 Å². The van der Waals surface area contributed by atoms with Gasteiger partial charge >= 0.3 is 11.9 Å². The maximum Gasteiger partial charge on any atom is 0.335 e. The SMILES string of the molecule is CC1COC(=O)C23CCC(C=C2C(=O)O1)C3. The smallest absolute Gasteiger partial charge is 0.335 e. The van der Waals surface area contributed by atoms with E-state index in [-0.39, 0.29) is 24.6 Å². The summed E-state index contributed by atoms with van der Waals surface area (Å²) >= 11 is 0. The lowest BCUT2D eigenvalue weighted by atomic mass is 9.80. The van der Waals surface area contributed by atoms with Crippen molar-refractivity contribution < 1.29 is 19.1 Å². The highest BCUT2D eigenvalue weighted by atomic mass is 16.6. The molecule has 3 unspecified atom stereocenters. The number of esters is 2. The van der Waals surface area contributed by atoms with Gasteiger partial charge in [0.25, 0.3) is 0 Å². The van der Waals surface area contributed by atoms with Gasteiger partial charge in [-0.3, -0.25) is 4.79 Å². The molecular weight excluding hydrogens is 208 g/mol. The number of hydrogen-bond acceptors (Lipinski definition) is 4. The van der Waals surface area contributed by atoms with E-state index in [0.717, 1.165) is 19.3 Å². The molecule has 1 spiro atoms. The molecule has 1 heterocycles. The molecule has 0 aromatic carbocycles. The molecule has 16 heavy (non-hydrogen) atoms. The van der Waals surface area contributed by atoms with Gasteiger partial charge in [-0.05, 0) is 32.1 Å². The molecule has 4 nitrogen and oxygen atoms in total. The van der Waals surface area contributed by atoms with Crippen LogP contribution in [0.4, 0.5) is 0 Å². The zero-order valence-corrected chi connectivity index (χ0v) is 9.19. The van der Waals surface area contributed by atoms with Crippen molar-refractivity contribution in [3.05, 3.63) is 11.6 Å². The van der Waals surface area contributed by atoms with Crippen LogP contribution in [-0.4, -0.2) is 24.6 Å². The molecule has 3 aliphatic rings. The third-order valence-electron chi connectivity index (χ3n) is 3.84. The van der Waals surface area contributed by atoms with Crippen molar-refractivity contribution in [2.75, 3.05) is 6.61 Å². The Morgan fingerprint density at radius 2 is 2.25 bits per heavy atom. The highest BCUT2D eigenvalue weighted by molar-refractivity contribution is 6.00. The monoisotopic (exact) mass is 222 g/mol. The van der Waals surface area contributed by atoms with Gasteiger partial charge in [-0.1, -0.05) is 6.08 Å². The Balaban J connectivity index is 2.02. The summed E-state index contributed by atoms with van der Waals surface area (Å²) < 4.78 is 10.4. The fourth-order valence-corrected chi connectivity index (χ4v) is 3.04. The lowest BCUT2D eigenvalue weighted by molar-refractivity contribution is -0.168. The van der Waals surface area contributed by atoms with Crippen molar-refractivity contribution in [2.24, 2.45) is 11.3 Å². The van der Waals surface area contributed by atoms with Gasteiger partial charge < -0.3 is 9.47 Å². The van der Waals surface area contributed by atoms with E-state index in [1.165, 1.54) is 0 Å². The summed E-state index contributed by atoms with van der Waals surface area (Å²) in [5.41, 5.74) is -0.137. The minimum atomic E-state index is -0.679. The van der Waals surface area contributed by atoms with Gasteiger partial charge in [-0.15, -0.1) is 0 Å². The van der Waals surface area contributed by atoms with E-state index >= 15 is 0 Å². The predicted octanol–water partition coefficient (Wildman–Crippen LogP) is 1.20. The molecule has 3 rings (SSSR count). The van der Waals surface area contributed by atoms with Crippen LogP contribution in [0.3, 0.4) is 0 Å². The highest BCUT2D eigenvalue weighted by Gasteiger charge is 2.56. The second-order valence-corrected chi connectivity index (χ2v) is 4.98. The quantitative estimate of drug-likeness (QED) is 0.578. The Hall–Kier alpha value is -1.32. The standard InChI is InChI=1S/C12H14O4/c1-7-6-15-11(14)12-3-2-8(5-12)4-9(12)10(13)16-7/h4,7-8H,2-3,5-6H2,1H3. The molecular formula is C12H14O4. The molecule has 86 valence electrons. The van der Waals surface area contributed by atoms with E-state index < -0.39 is 5.41 Å². The maximum absolute atomic E-state index is 12.0.